The van der Waals surface area contributed by atoms with E-state index < -0.39 is 0 Å². The number of nitrogens with one attached hydrogen (secondary N) is 3. The molecule has 126 valence electrons. The van der Waals surface area contributed by atoms with Crippen LogP contribution in [0.15, 0.2) is 66.9 Å². The lowest BCUT2D eigenvalue weighted by molar-refractivity contribution is 0.102. The molecule has 0 aliphatic carbocycles. The van der Waals surface area contributed by atoms with Gasteiger partial charge in [-0.05, 0) is 36.4 Å². The van der Waals surface area contributed by atoms with E-state index in [1.165, 1.54) is 0 Å². The van der Waals surface area contributed by atoms with Gasteiger partial charge in [0.25, 0.3) is 5.91 Å². The lowest BCUT2D eigenvalue weighted by Crippen LogP contribution is -2.17. The number of amides is 1. The van der Waals surface area contributed by atoms with Gasteiger partial charge in [-0.1, -0.05) is 24.3 Å². The van der Waals surface area contributed by atoms with Gasteiger partial charge in [0, 0.05) is 25.0 Å². The summed E-state index contributed by atoms with van der Waals surface area (Å²) in [6.07, 6.45) is 1.74. The molecule has 2 heterocycles. The summed E-state index contributed by atoms with van der Waals surface area (Å²) < 4.78 is 0. The maximum atomic E-state index is 12.1. The third-order valence-electron chi connectivity index (χ3n) is 3.33. The Bertz CT molecular complexity index is 793. The van der Waals surface area contributed by atoms with Crippen LogP contribution in [-0.4, -0.2) is 34.2 Å². The first-order valence-corrected chi connectivity index (χ1v) is 7.90. The molecule has 0 saturated heterocycles. The van der Waals surface area contributed by atoms with Crippen molar-refractivity contribution in [2.45, 2.75) is 0 Å². The zero-order chi connectivity index (χ0) is 17.3. The fourth-order valence-electron chi connectivity index (χ4n) is 2.11. The molecule has 0 aliphatic heterocycles. The minimum absolute atomic E-state index is 0.265. The summed E-state index contributed by atoms with van der Waals surface area (Å²) in [4.78, 5) is 16.3. The molecule has 0 fully saturated rings. The Morgan fingerprint density at radius 3 is 2.24 bits per heavy atom. The normalized spacial score (nSPS) is 10.1. The van der Waals surface area contributed by atoms with Crippen molar-refractivity contribution in [3.8, 4) is 0 Å². The topological polar surface area (TPSA) is 91.8 Å². The summed E-state index contributed by atoms with van der Waals surface area (Å²) in [7, 11) is 0. The maximum Gasteiger partial charge on any atom is 0.276 e. The average Bonchev–Trinajstić information content (AvgIpc) is 2.67. The molecular weight excluding hydrogens is 316 g/mol. The number of carbonyl (C=O) groups is 1. The van der Waals surface area contributed by atoms with Gasteiger partial charge in [-0.15, -0.1) is 10.2 Å². The van der Waals surface area contributed by atoms with Crippen molar-refractivity contribution in [2.24, 2.45) is 0 Å². The van der Waals surface area contributed by atoms with E-state index in [9.17, 15) is 4.79 Å². The highest BCUT2D eigenvalue weighted by atomic mass is 16.1. The molecule has 0 radical (unpaired) electrons. The van der Waals surface area contributed by atoms with Gasteiger partial charge < -0.3 is 16.0 Å². The number of carbonyl (C=O) groups excluding carboxylic acids is 1. The number of anilines is 3. The Labute approximate surface area is 145 Å². The van der Waals surface area contributed by atoms with Crippen LogP contribution in [0.4, 0.5) is 17.3 Å². The number of nitrogens with zero attached hydrogens (tertiary/aromatic N) is 3. The number of aromatic nitrogens is 3. The minimum Gasteiger partial charge on any atom is -0.368 e. The van der Waals surface area contributed by atoms with Crippen molar-refractivity contribution in [2.75, 3.05) is 29.0 Å². The molecule has 0 saturated carbocycles. The van der Waals surface area contributed by atoms with E-state index >= 15 is 0 Å². The molecule has 1 aromatic carbocycles. The second kappa shape index (κ2) is 8.39. The molecular formula is C18H18N6O. The highest BCUT2D eigenvalue weighted by Gasteiger charge is 2.08. The molecule has 3 aromatic rings. The van der Waals surface area contributed by atoms with Gasteiger partial charge in [-0.3, -0.25) is 4.79 Å². The largest absolute Gasteiger partial charge is 0.368 e. The lowest BCUT2D eigenvalue weighted by Gasteiger charge is -2.08. The van der Waals surface area contributed by atoms with E-state index in [4.69, 9.17) is 0 Å². The number of benzene rings is 1. The third-order valence-corrected chi connectivity index (χ3v) is 3.33. The van der Waals surface area contributed by atoms with Crippen molar-refractivity contribution in [1.29, 1.82) is 0 Å². The van der Waals surface area contributed by atoms with Crippen LogP contribution >= 0.6 is 0 Å². The quantitative estimate of drug-likeness (QED) is 0.575. The summed E-state index contributed by atoms with van der Waals surface area (Å²) >= 11 is 0. The summed E-state index contributed by atoms with van der Waals surface area (Å²) in [6, 6.07) is 18.3. The Morgan fingerprint density at radius 2 is 1.56 bits per heavy atom. The van der Waals surface area contributed by atoms with Gasteiger partial charge in [0.2, 0.25) is 0 Å². The van der Waals surface area contributed by atoms with Crippen LogP contribution in [0.3, 0.4) is 0 Å². The summed E-state index contributed by atoms with van der Waals surface area (Å²) in [6.45, 7) is 1.34. The second-order valence-electron chi connectivity index (χ2n) is 5.19. The van der Waals surface area contributed by atoms with Crippen molar-refractivity contribution in [3.63, 3.8) is 0 Å². The summed E-state index contributed by atoms with van der Waals surface area (Å²) in [5.41, 5.74) is 0.984. The van der Waals surface area contributed by atoms with Crippen LogP contribution in [-0.2, 0) is 0 Å². The Hall–Kier alpha value is -3.48. The molecule has 7 heteroatoms. The van der Waals surface area contributed by atoms with E-state index in [0.29, 0.717) is 18.9 Å². The zero-order valence-electron chi connectivity index (χ0n) is 13.5. The van der Waals surface area contributed by atoms with Crippen LogP contribution in [0, 0.1) is 0 Å². The lowest BCUT2D eigenvalue weighted by atomic mass is 10.3. The van der Waals surface area contributed by atoms with Crippen LogP contribution < -0.4 is 16.0 Å². The van der Waals surface area contributed by atoms with Crippen molar-refractivity contribution >= 4 is 23.2 Å². The fourth-order valence-corrected chi connectivity index (χ4v) is 2.11. The molecule has 1 amide bonds. The van der Waals surface area contributed by atoms with Gasteiger partial charge >= 0.3 is 0 Å². The average molecular weight is 334 g/mol. The molecule has 0 unspecified atom stereocenters. The van der Waals surface area contributed by atoms with Crippen LogP contribution in [0.2, 0.25) is 0 Å². The molecule has 3 N–H and O–H groups in total. The van der Waals surface area contributed by atoms with Gasteiger partial charge in [0.1, 0.15) is 11.6 Å². The molecule has 0 bridgehead atoms. The molecule has 3 rings (SSSR count). The highest BCUT2D eigenvalue weighted by Crippen LogP contribution is 2.08. The monoisotopic (exact) mass is 334 g/mol. The molecule has 0 aliphatic rings. The summed E-state index contributed by atoms with van der Waals surface area (Å²) in [5.74, 6) is 1.14. The zero-order valence-corrected chi connectivity index (χ0v) is 13.5. The second-order valence-corrected chi connectivity index (χ2v) is 5.19. The first-order chi connectivity index (χ1) is 12.3. The van der Waals surface area contributed by atoms with Gasteiger partial charge in [0.15, 0.2) is 5.69 Å². The minimum atomic E-state index is -0.290. The maximum absolute atomic E-state index is 12.1. The van der Waals surface area contributed by atoms with E-state index in [1.807, 2.05) is 48.5 Å². The highest BCUT2D eigenvalue weighted by molar-refractivity contribution is 6.02. The summed E-state index contributed by atoms with van der Waals surface area (Å²) in [5, 5.41) is 17.1. The standard InChI is InChI=1S/C18H18N6O/c25-18(22-14-6-2-1-3-7-14)15-9-10-17(24-23-15)21-13-12-20-16-8-4-5-11-19-16/h1-11H,12-13H2,(H,19,20)(H,21,24)(H,22,25). The van der Waals surface area contributed by atoms with E-state index in [1.54, 1.807) is 18.3 Å². The van der Waals surface area contributed by atoms with Crippen molar-refractivity contribution in [1.82, 2.24) is 15.2 Å². The molecule has 0 spiro atoms. The van der Waals surface area contributed by atoms with Crippen LogP contribution in [0.5, 0.6) is 0 Å². The first-order valence-electron chi connectivity index (χ1n) is 7.90. The smallest absolute Gasteiger partial charge is 0.276 e. The Morgan fingerprint density at radius 1 is 0.800 bits per heavy atom. The fraction of sp³-hybridized carbons (Fsp3) is 0.111. The number of rotatable bonds is 7. The number of pyridine rings is 1. The van der Waals surface area contributed by atoms with Gasteiger partial charge in [0.05, 0.1) is 0 Å². The number of para-hydroxylation sites is 1. The van der Waals surface area contributed by atoms with E-state index in [-0.39, 0.29) is 11.6 Å². The predicted octanol–water partition coefficient (Wildman–Crippen LogP) is 2.65. The predicted molar refractivity (Wildman–Crippen MR) is 97.6 cm³/mol. The van der Waals surface area contributed by atoms with Gasteiger partial charge in [-0.2, -0.15) is 0 Å². The van der Waals surface area contributed by atoms with E-state index in [2.05, 4.69) is 31.1 Å². The Kier molecular flexibility index (Phi) is 5.50. The van der Waals surface area contributed by atoms with Crippen LogP contribution in [0.1, 0.15) is 10.5 Å². The van der Waals surface area contributed by atoms with E-state index in [0.717, 1.165) is 11.5 Å². The third kappa shape index (κ3) is 5.00. The Balaban J connectivity index is 1.46. The van der Waals surface area contributed by atoms with Gasteiger partial charge in [-0.25, -0.2) is 4.98 Å². The molecule has 7 nitrogen and oxygen atoms in total. The number of hydrogen-bond acceptors (Lipinski definition) is 6. The molecule has 2 aromatic heterocycles. The van der Waals surface area contributed by atoms with Crippen LogP contribution in [0.25, 0.3) is 0 Å². The SMILES string of the molecule is O=C(Nc1ccccc1)c1ccc(NCCNc2ccccn2)nn1. The first kappa shape index (κ1) is 16.4. The molecule has 0 atom stereocenters. The van der Waals surface area contributed by atoms with Crippen molar-refractivity contribution in [3.05, 3.63) is 72.6 Å². The molecule has 25 heavy (non-hydrogen) atoms. The number of hydrogen-bond donors (Lipinski definition) is 3. The van der Waals surface area contributed by atoms with Crippen molar-refractivity contribution < 1.29 is 4.79 Å².